The zero-order valence-electron chi connectivity index (χ0n) is 20.0. The third-order valence-electron chi connectivity index (χ3n) is 7.42. The molecule has 0 spiro atoms. The van der Waals surface area contributed by atoms with Crippen LogP contribution in [0.3, 0.4) is 0 Å². The van der Waals surface area contributed by atoms with Gasteiger partial charge < -0.3 is 19.7 Å². The van der Waals surface area contributed by atoms with Gasteiger partial charge in [0.15, 0.2) is 5.88 Å². The molecule has 7 nitrogen and oxygen atoms in total. The smallest absolute Gasteiger partial charge is 0.222 e. The SMILES string of the molecule is O=C(CCCCOc1ccc2nc3[nH]c(O)cc3cc2c1)N1CCN(C2CCCCCC2)CC1. The van der Waals surface area contributed by atoms with Crippen molar-refractivity contribution in [1.82, 2.24) is 19.8 Å². The minimum atomic E-state index is 0.116. The predicted molar refractivity (Wildman–Crippen MR) is 134 cm³/mol. The van der Waals surface area contributed by atoms with Gasteiger partial charge in [0, 0.05) is 55.5 Å². The summed E-state index contributed by atoms with van der Waals surface area (Å²) in [6.45, 7) is 4.41. The van der Waals surface area contributed by atoms with Crippen molar-refractivity contribution in [3.63, 3.8) is 0 Å². The van der Waals surface area contributed by atoms with Crippen LogP contribution in [0.2, 0.25) is 0 Å². The lowest BCUT2D eigenvalue weighted by atomic mass is 10.1. The molecule has 2 aromatic heterocycles. The number of benzene rings is 1. The van der Waals surface area contributed by atoms with Crippen LogP contribution >= 0.6 is 0 Å². The van der Waals surface area contributed by atoms with Crippen LogP contribution in [0.4, 0.5) is 0 Å². The van der Waals surface area contributed by atoms with Gasteiger partial charge in [-0.2, -0.15) is 0 Å². The highest BCUT2D eigenvalue weighted by Crippen LogP contribution is 2.26. The van der Waals surface area contributed by atoms with Gasteiger partial charge in [-0.3, -0.25) is 9.69 Å². The average Bonchev–Trinajstić information content (AvgIpc) is 3.03. The number of fused-ring (bicyclic) bond motifs is 2. The van der Waals surface area contributed by atoms with E-state index in [1.54, 1.807) is 6.07 Å². The number of H-pyrrole nitrogens is 1. The van der Waals surface area contributed by atoms with Crippen LogP contribution in [0.1, 0.15) is 57.8 Å². The maximum absolute atomic E-state index is 12.7. The molecule has 1 saturated carbocycles. The van der Waals surface area contributed by atoms with E-state index in [1.165, 1.54) is 38.5 Å². The van der Waals surface area contributed by atoms with Crippen LogP contribution < -0.4 is 4.74 Å². The van der Waals surface area contributed by atoms with Crippen molar-refractivity contribution in [2.45, 2.75) is 63.8 Å². The Morgan fingerprint density at radius 2 is 1.79 bits per heavy atom. The molecule has 0 bridgehead atoms. The van der Waals surface area contributed by atoms with Crippen molar-refractivity contribution in [2.75, 3.05) is 32.8 Å². The second-order valence-electron chi connectivity index (χ2n) is 9.80. The van der Waals surface area contributed by atoms with Crippen LogP contribution in [0, 0.1) is 0 Å². The van der Waals surface area contributed by atoms with Crippen LogP contribution in [-0.2, 0) is 4.79 Å². The van der Waals surface area contributed by atoms with Crippen LogP contribution in [0.5, 0.6) is 11.6 Å². The molecule has 5 rings (SSSR count). The Morgan fingerprint density at radius 3 is 2.59 bits per heavy atom. The quantitative estimate of drug-likeness (QED) is 0.386. The Morgan fingerprint density at radius 1 is 1.00 bits per heavy atom. The number of aromatic nitrogens is 2. The molecular weight excluding hydrogens is 428 g/mol. The summed E-state index contributed by atoms with van der Waals surface area (Å²) >= 11 is 0. The lowest BCUT2D eigenvalue weighted by Crippen LogP contribution is -2.51. The van der Waals surface area contributed by atoms with E-state index in [-0.39, 0.29) is 11.8 Å². The molecule has 3 aromatic rings. The average molecular weight is 465 g/mol. The second kappa shape index (κ2) is 10.6. The number of hydrogen-bond donors (Lipinski definition) is 2. The molecule has 0 unspecified atom stereocenters. The Bertz CT molecular complexity index is 1110. The molecule has 1 aliphatic heterocycles. The number of nitrogens with one attached hydrogen (secondary N) is 1. The summed E-state index contributed by atoms with van der Waals surface area (Å²) in [6.07, 6.45) is 10.5. The third kappa shape index (κ3) is 5.46. The molecule has 0 radical (unpaired) electrons. The summed E-state index contributed by atoms with van der Waals surface area (Å²) in [5.74, 6) is 1.20. The van der Waals surface area contributed by atoms with Gasteiger partial charge in [0.1, 0.15) is 11.4 Å². The molecule has 3 heterocycles. The van der Waals surface area contributed by atoms with Crippen LogP contribution in [0.25, 0.3) is 21.9 Å². The van der Waals surface area contributed by atoms with E-state index in [2.05, 4.69) is 19.8 Å². The summed E-state index contributed by atoms with van der Waals surface area (Å²) in [6, 6.07) is 10.2. The molecule has 182 valence electrons. The molecule has 2 fully saturated rings. The van der Waals surface area contributed by atoms with E-state index in [0.29, 0.717) is 18.7 Å². The molecule has 1 aromatic carbocycles. The van der Waals surface area contributed by atoms with E-state index in [0.717, 1.165) is 67.1 Å². The van der Waals surface area contributed by atoms with Gasteiger partial charge in [-0.25, -0.2) is 4.98 Å². The highest BCUT2D eigenvalue weighted by Gasteiger charge is 2.26. The lowest BCUT2D eigenvalue weighted by Gasteiger charge is -2.39. The number of pyridine rings is 1. The number of carbonyl (C=O) groups is 1. The number of aromatic amines is 1. The summed E-state index contributed by atoms with van der Waals surface area (Å²) in [7, 11) is 0. The topological polar surface area (TPSA) is 81.7 Å². The molecule has 7 heteroatoms. The first-order valence-corrected chi connectivity index (χ1v) is 12.9. The molecule has 2 aliphatic rings. The standard InChI is InChI=1S/C27H36N4O3/c32-25-19-21-17-20-18-23(10-11-24(20)28-27(21)29-25)34-16-6-5-9-26(33)31-14-12-30(13-15-31)22-7-3-1-2-4-8-22/h10-11,17-19,22,32H,1-9,12-16H2,(H,28,29). The Labute approximate surface area is 201 Å². The minimum Gasteiger partial charge on any atom is -0.495 e. The lowest BCUT2D eigenvalue weighted by molar-refractivity contribution is -0.133. The van der Waals surface area contributed by atoms with E-state index >= 15 is 0 Å². The molecule has 0 atom stereocenters. The number of ether oxygens (including phenoxy) is 1. The number of hydrogen-bond acceptors (Lipinski definition) is 5. The maximum atomic E-state index is 12.7. The fraction of sp³-hybridized carbons (Fsp3) is 0.556. The largest absolute Gasteiger partial charge is 0.495 e. The van der Waals surface area contributed by atoms with Crippen LogP contribution in [-0.4, -0.2) is 69.6 Å². The van der Waals surface area contributed by atoms with Gasteiger partial charge in [-0.1, -0.05) is 25.7 Å². The van der Waals surface area contributed by atoms with Gasteiger partial charge >= 0.3 is 0 Å². The van der Waals surface area contributed by atoms with E-state index < -0.39 is 0 Å². The first-order chi connectivity index (χ1) is 16.7. The monoisotopic (exact) mass is 464 g/mol. The van der Waals surface area contributed by atoms with Gasteiger partial charge in [0.05, 0.1) is 12.1 Å². The van der Waals surface area contributed by atoms with Crippen molar-refractivity contribution in [3.8, 4) is 11.6 Å². The number of amides is 1. The highest BCUT2D eigenvalue weighted by atomic mass is 16.5. The number of piperazine rings is 1. The molecular formula is C27H36N4O3. The minimum absolute atomic E-state index is 0.116. The van der Waals surface area contributed by atoms with E-state index in [9.17, 15) is 9.90 Å². The summed E-state index contributed by atoms with van der Waals surface area (Å²) in [5, 5.41) is 11.5. The molecule has 34 heavy (non-hydrogen) atoms. The predicted octanol–water partition coefficient (Wildman–Crippen LogP) is 4.84. The number of carbonyl (C=O) groups excluding carboxylic acids is 1. The Hall–Kier alpha value is -2.80. The van der Waals surface area contributed by atoms with Crippen molar-refractivity contribution in [2.24, 2.45) is 0 Å². The Kier molecular flexibility index (Phi) is 7.19. The first kappa shape index (κ1) is 23.0. The molecule has 1 aliphatic carbocycles. The molecule has 1 amide bonds. The van der Waals surface area contributed by atoms with Gasteiger partial charge in [0.25, 0.3) is 0 Å². The summed E-state index contributed by atoms with van der Waals surface area (Å²) in [4.78, 5) is 24.7. The number of unbranched alkanes of at least 4 members (excludes halogenated alkanes) is 1. The normalized spacial score (nSPS) is 18.4. The Balaban J connectivity index is 1.03. The van der Waals surface area contributed by atoms with Crippen molar-refractivity contribution >= 4 is 27.8 Å². The summed E-state index contributed by atoms with van der Waals surface area (Å²) < 4.78 is 5.93. The number of rotatable bonds is 7. The number of nitrogens with zero attached hydrogens (tertiary/aromatic N) is 3. The van der Waals surface area contributed by atoms with Crippen molar-refractivity contribution < 1.29 is 14.6 Å². The zero-order valence-corrected chi connectivity index (χ0v) is 20.0. The third-order valence-corrected chi connectivity index (χ3v) is 7.42. The van der Waals surface area contributed by atoms with Crippen molar-refractivity contribution in [3.05, 3.63) is 30.3 Å². The molecule has 2 N–H and O–H groups in total. The summed E-state index contributed by atoms with van der Waals surface area (Å²) in [5.41, 5.74) is 1.53. The van der Waals surface area contributed by atoms with Gasteiger partial charge in [0.2, 0.25) is 5.91 Å². The van der Waals surface area contributed by atoms with Crippen molar-refractivity contribution in [1.29, 1.82) is 0 Å². The maximum Gasteiger partial charge on any atom is 0.222 e. The van der Waals surface area contributed by atoms with Gasteiger partial charge in [-0.15, -0.1) is 0 Å². The number of aromatic hydroxyl groups is 1. The first-order valence-electron chi connectivity index (χ1n) is 12.9. The fourth-order valence-corrected chi connectivity index (χ4v) is 5.46. The van der Waals surface area contributed by atoms with E-state index in [4.69, 9.17) is 4.74 Å². The second-order valence-corrected chi connectivity index (χ2v) is 9.80. The van der Waals surface area contributed by atoms with Crippen LogP contribution in [0.15, 0.2) is 30.3 Å². The zero-order chi connectivity index (χ0) is 23.3. The van der Waals surface area contributed by atoms with Gasteiger partial charge in [-0.05, 0) is 49.9 Å². The molecule has 1 saturated heterocycles. The fourth-order valence-electron chi connectivity index (χ4n) is 5.46. The van der Waals surface area contributed by atoms with E-state index in [1.807, 2.05) is 24.3 Å². The highest BCUT2D eigenvalue weighted by molar-refractivity contribution is 5.92.